The van der Waals surface area contributed by atoms with Gasteiger partial charge in [-0.3, -0.25) is 0 Å². The summed E-state index contributed by atoms with van der Waals surface area (Å²) >= 11 is 12.4. The Bertz CT molecular complexity index is 632. The van der Waals surface area contributed by atoms with Gasteiger partial charge >= 0.3 is 0 Å². The van der Waals surface area contributed by atoms with Gasteiger partial charge in [-0.15, -0.1) is 0 Å². The van der Waals surface area contributed by atoms with Crippen LogP contribution in [0.3, 0.4) is 0 Å². The Morgan fingerprint density at radius 3 is 1.38 bits per heavy atom. The van der Waals surface area contributed by atoms with Gasteiger partial charge in [0.1, 0.15) is 16.0 Å². The molecule has 0 N–H and O–H groups in total. The first kappa shape index (κ1) is 20.7. The number of unbranched alkanes of at least 4 members (excludes halogenated alkanes) is 2. The summed E-state index contributed by atoms with van der Waals surface area (Å²) in [5.74, 6) is 1.71. The molecule has 2 aromatic carbocycles. The van der Waals surface area contributed by atoms with Crippen LogP contribution in [0.15, 0.2) is 53.0 Å². The molecular weight excluding hydrogens is 367 g/mol. The molecule has 0 saturated heterocycles. The van der Waals surface area contributed by atoms with Gasteiger partial charge in [0, 0.05) is 5.57 Å². The Morgan fingerprint density at radius 2 is 1.08 bits per heavy atom. The van der Waals surface area contributed by atoms with E-state index in [1.165, 1.54) is 0 Å². The molecule has 0 aliphatic rings. The van der Waals surface area contributed by atoms with Crippen molar-refractivity contribution in [2.24, 2.45) is 0 Å². The van der Waals surface area contributed by atoms with E-state index in [4.69, 9.17) is 32.7 Å². The van der Waals surface area contributed by atoms with Crippen LogP contribution in [0.5, 0.6) is 11.5 Å². The Balaban J connectivity index is 2.12. The van der Waals surface area contributed by atoms with Gasteiger partial charge in [-0.2, -0.15) is 0 Å². The lowest BCUT2D eigenvalue weighted by Crippen LogP contribution is -1.97. The molecule has 0 aliphatic heterocycles. The number of hydrogen-bond acceptors (Lipinski definition) is 2. The van der Waals surface area contributed by atoms with Crippen molar-refractivity contribution in [2.75, 3.05) is 13.2 Å². The molecule has 140 valence electrons. The van der Waals surface area contributed by atoms with Crippen molar-refractivity contribution in [1.82, 2.24) is 0 Å². The fourth-order valence-electron chi connectivity index (χ4n) is 2.49. The first-order valence-corrected chi connectivity index (χ1v) is 9.93. The van der Waals surface area contributed by atoms with Gasteiger partial charge in [0.05, 0.1) is 13.2 Å². The number of ether oxygens (including phenoxy) is 2. The Labute approximate surface area is 166 Å². The monoisotopic (exact) mass is 392 g/mol. The maximum absolute atomic E-state index is 6.18. The molecular formula is C22H26Cl2O2. The summed E-state index contributed by atoms with van der Waals surface area (Å²) in [6.45, 7) is 5.75. The lowest BCUT2D eigenvalue weighted by molar-refractivity contribution is 0.309. The quantitative estimate of drug-likeness (QED) is 0.396. The van der Waals surface area contributed by atoms with E-state index in [2.05, 4.69) is 13.8 Å². The number of rotatable bonds is 10. The van der Waals surface area contributed by atoms with Gasteiger partial charge in [-0.25, -0.2) is 0 Å². The Morgan fingerprint density at radius 1 is 0.692 bits per heavy atom. The van der Waals surface area contributed by atoms with Crippen LogP contribution in [0.1, 0.15) is 50.7 Å². The molecule has 0 unspecified atom stereocenters. The second-order valence-corrected chi connectivity index (χ2v) is 7.04. The number of hydrogen-bond donors (Lipinski definition) is 0. The molecule has 0 aliphatic carbocycles. The zero-order valence-electron chi connectivity index (χ0n) is 15.4. The van der Waals surface area contributed by atoms with Gasteiger partial charge in [0.15, 0.2) is 0 Å². The molecule has 0 aromatic heterocycles. The van der Waals surface area contributed by atoms with Crippen LogP contribution in [0, 0.1) is 0 Å². The third-order valence-corrected chi connectivity index (χ3v) is 4.39. The minimum absolute atomic E-state index is 0.240. The summed E-state index contributed by atoms with van der Waals surface area (Å²) in [7, 11) is 0. The molecule has 0 radical (unpaired) electrons. The highest BCUT2D eigenvalue weighted by atomic mass is 35.5. The zero-order valence-corrected chi connectivity index (χ0v) is 16.9. The summed E-state index contributed by atoms with van der Waals surface area (Å²) < 4.78 is 11.7. The smallest absolute Gasteiger partial charge is 0.119 e. The molecule has 0 amide bonds. The lowest BCUT2D eigenvalue weighted by Gasteiger charge is -2.12. The van der Waals surface area contributed by atoms with Crippen LogP contribution >= 0.6 is 23.2 Å². The summed E-state index contributed by atoms with van der Waals surface area (Å²) in [5.41, 5.74) is 2.70. The fraction of sp³-hybridized carbons (Fsp3) is 0.364. The summed E-state index contributed by atoms with van der Waals surface area (Å²) in [4.78, 5) is 0. The average Bonchev–Trinajstić information content (AvgIpc) is 2.65. The highest BCUT2D eigenvalue weighted by Gasteiger charge is 2.10. The van der Waals surface area contributed by atoms with E-state index >= 15 is 0 Å². The van der Waals surface area contributed by atoms with Gasteiger partial charge in [0.2, 0.25) is 0 Å². The molecule has 0 bridgehead atoms. The zero-order chi connectivity index (χ0) is 18.8. The molecule has 2 rings (SSSR count). The highest BCUT2D eigenvalue weighted by molar-refractivity contribution is 6.59. The predicted molar refractivity (Wildman–Crippen MR) is 111 cm³/mol. The maximum Gasteiger partial charge on any atom is 0.119 e. The fourth-order valence-corrected chi connectivity index (χ4v) is 2.93. The third-order valence-electron chi connectivity index (χ3n) is 4.01. The van der Waals surface area contributed by atoms with Crippen molar-refractivity contribution in [2.45, 2.75) is 39.5 Å². The first-order chi connectivity index (χ1) is 12.7. The molecule has 0 fully saturated rings. The van der Waals surface area contributed by atoms with Crippen LogP contribution < -0.4 is 9.47 Å². The molecule has 4 heteroatoms. The maximum atomic E-state index is 6.18. The van der Waals surface area contributed by atoms with Crippen molar-refractivity contribution >= 4 is 28.8 Å². The molecule has 26 heavy (non-hydrogen) atoms. The van der Waals surface area contributed by atoms with Crippen LogP contribution in [-0.4, -0.2) is 13.2 Å². The van der Waals surface area contributed by atoms with E-state index in [-0.39, 0.29) is 4.49 Å². The third kappa shape index (κ3) is 6.26. The lowest BCUT2D eigenvalue weighted by atomic mass is 9.99. The van der Waals surface area contributed by atoms with Gasteiger partial charge in [-0.05, 0) is 48.2 Å². The van der Waals surface area contributed by atoms with E-state index in [1.807, 2.05) is 48.5 Å². The van der Waals surface area contributed by atoms with Gasteiger partial charge in [0.25, 0.3) is 0 Å². The van der Waals surface area contributed by atoms with Crippen LogP contribution in [0.2, 0.25) is 0 Å². The second kappa shape index (κ2) is 11.2. The van der Waals surface area contributed by atoms with E-state index in [0.717, 1.165) is 67.1 Å². The van der Waals surface area contributed by atoms with Crippen molar-refractivity contribution in [3.63, 3.8) is 0 Å². The van der Waals surface area contributed by atoms with Gasteiger partial charge in [-0.1, -0.05) is 74.2 Å². The van der Waals surface area contributed by atoms with Crippen LogP contribution in [0.4, 0.5) is 0 Å². The largest absolute Gasteiger partial charge is 0.494 e. The van der Waals surface area contributed by atoms with E-state index in [0.29, 0.717) is 0 Å². The molecule has 0 spiro atoms. The molecule has 2 nitrogen and oxygen atoms in total. The molecule has 2 aromatic rings. The number of halogens is 2. The number of benzene rings is 2. The molecule has 0 heterocycles. The average molecular weight is 393 g/mol. The van der Waals surface area contributed by atoms with Gasteiger partial charge < -0.3 is 9.47 Å². The minimum atomic E-state index is 0.240. The second-order valence-electron chi connectivity index (χ2n) is 6.09. The Kier molecular flexibility index (Phi) is 8.87. The first-order valence-electron chi connectivity index (χ1n) is 9.17. The SMILES string of the molecule is CCCCOc1ccc(C(=C(Cl)Cl)c2ccc(OCCCC)cc2)cc1. The Hall–Kier alpha value is -1.64. The summed E-state index contributed by atoms with van der Waals surface area (Å²) in [6, 6.07) is 15.7. The van der Waals surface area contributed by atoms with Crippen molar-refractivity contribution in [3.8, 4) is 11.5 Å². The van der Waals surface area contributed by atoms with Crippen molar-refractivity contribution in [1.29, 1.82) is 0 Å². The summed E-state index contributed by atoms with van der Waals surface area (Å²) in [5, 5.41) is 0. The van der Waals surface area contributed by atoms with Crippen molar-refractivity contribution in [3.05, 3.63) is 64.1 Å². The standard InChI is InChI=1S/C22H26Cl2O2/c1-3-5-15-25-19-11-7-17(8-12-19)21(22(23)24)18-9-13-20(14-10-18)26-16-6-4-2/h7-14H,3-6,15-16H2,1-2H3. The van der Waals surface area contributed by atoms with E-state index < -0.39 is 0 Å². The molecule has 0 atom stereocenters. The van der Waals surface area contributed by atoms with Crippen LogP contribution in [-0.2, 0) is 0 Å². The van der Waals surface area contributed by atoms with E-state index in [9.17, 15) is 0 Å². The van der Waals surface area contributed by atoms with E-state index in [1.54, 1.807) is 0 Å². The topological polar surface area (TPSA) is 18.5 Å². The van der Waals surface area contributed by atoms with Crippen LogP contribution in [0.25, 0.3) is 5.57 Å². The highest BCUT2D eigenvalue weighted by Crippen LogP contribution is 2.32. The normalized spacial score (nSPS) is 10.5. The summed E-state index contributed by atoms with van der Waals surface area (Å²) in [6.07, 6.45) is 4.33. The predicted octanol–water partition coefficient (Wildman–Crippen LogP) is 7.24. The molecule has 0 saturated carbocycles. The minimum Gasteiger partial charge on any atom is -0.494 e. The van der Waals surface area contributed by atoms with Crippen molar-refractivity contribution < 1.29 is 9.47 Å².